The van der Waals surface area contributed by atoms with Gasteiger partial charge in [0.25, 0.3) is 0 Å². The maximum atomic E-state index is 3.36. The molecule has 1 atom stereocenters. The van der Waals surface area contributed by atoms with E-state index < -0.39 is 0 Å². The van der Waals surface area contributed by atoms with E-state index >= 15 is 0 Å². The fraction of sp³-hybridized carbons (Fsp3) is 0.500. The monoisotopic (exact) mass is 242 g/mol. The highest BCUT2D eigenvalue weighted by atomic mass is 79.9. The fourth-order valence-electron chi connectivity index (χ4n) is 1.21. The minimum absolute atomic E-state index is 0.558. The number of hydrogen-bond acceptors (Lipinski definition) is 0. The van der Waals surface area contributed by atoms with Gasteiger partial charge >= 0.3 is 0 Å². The summed E-state index contributed by atoms with van der Waals surface area (Å²) < 4.78 is 0. The van der Waals surface area contributed by atoms with Gasteiger partial charge in [-0.05, 0) is 26.2 Å². The number of alkyl halides is 1. The third kappa shape index (κ3) is 8.04. The number of halogens is 1. The van der Waals surface area contributed by atoms with Crippen molar-refractivity contribution in [3.8, 4) is 0 Å². The molecule has 0 nitrogen and oxygen atoms in total. The van der Waals surface area contributed by atoms with E-state index in [1.165, 1.54) is 5.57 Å². The third-order valence-corrected chi connectivity index (χ3v) is 2.11. The standard InChI is InChI=1S/C12H19Br/c1-4-7-11(2)10-12(3)8-5-6-9-13/h4-7,10-11H,8-9H2,1-3H3/b6-5+,7-4+,12-10+/t11-/m0/s1. The second-order valence-electron chi connectivity index (χ2n) is 3.23. The van der Waals surface area contributed by atoms with E-state index in [1.54, 1.807) is 0 Å². The second-order valence-corrected chi connectivity index (χ2v) is 3.88. The van der Waals surface area contributed by atoms with Crippen LogP contribution < -0.4 is 0 Å². The van der Waals surface area contributed by atoms with Crippen LogP contribution in [0.2, 0.25) is 0 Å². The maximum absolute atomic E-state index is 3.36. The molecule has 0 saturated heterocycles. The smallest absolute Gasteiger partial charge is 0.0212 e. The first-order valence-corrected chi connectivity index (χ1v) is 5.84. The summed E-state index contributed by atoms with van der Waals surface area (Å²) in [4.78, 5) is 0. The first-order chi connectivity index (χ1) is 6.20. The minimum Gasteiger partial charge on any atom is -0.0911 e. The lowest BCUT2D eigenvalue weighted by molar-refractivity contribution is 0.914. The van der Waals surface area contributed by atoms with Crippen LogP contribution in [0.15, 0.2) is 36.0 Å². The number of hydrogen-bond donors (Lipinski definition) is 0. The van der Waals surface area contributed by atoms with Gasteiger partial charge in [-0.1, -0.05) is 58.8 Å². The van der Waals surface area contributed by atoms with Gasteiger partial charge in [0.2, 0.25) is 0 Å². The molecule has 74 valence electrons. The molecule has 0 bridgehead atoms. The molecular weight excluding hydrogens is 224 g/mol. The normalized spacial score (nSPS) is 15.8. The quantitative estimate of drug-likeness (QED) is 0.493. The van der Waals surface area contributed by atoms with Crippen LogP contribution in [-0.2, 0) is 0 Å². The van der Waals surface area contributed by atoms with E-state index in [2.05, 4.69) is 67.1 Å². The molecule has 0 aliphatic rings. The Morgan fingerprint density at radius 3 is 2.62 bits per heavy atom. The summed E-state index contributed by atoms with van der Waals surface area (Å²) in [6.07, 6.45) is 12.0. The van der Waals surface area contributed by atoms with Crippen LogP contribution in [0.4, 0.5) is 0 Å². The van der Waals surface area contributed by atoms with E-state index in [4.69, 9.17) is 0 Å². The highest BCUT2D eigenvalue weighted by Crippen LogP contribution is 2.08. The van der Waals surface area contributed by atoms with Crippen LogP contribution in [0.5, 0.6) is 0 Å². The third-order valence-electron chi connectivity index (χ3n) is 1.74. The summed E-state index contributed by atoms with van der Waals surface area (Å²) in [6, 6.07) is 0. The van der Waals surface area contributed by atoms with Crippen molar-refractivity contribution in [3.05, 3.63) is 36.0 Å². The Bertz CT molecular complexity index is 199. The summed E-state index contributed by atoms with van der Waals surface area (Å²) in [6.45, 7) is 6.45. The number of allylic oxidation sites excluding steroid dienone is 6. The molecular formula is C12H19Br. The first kappa shape index (κ1) is 12.7. The predicted octanol–water partition coefficient (Wildman–Crippen LogP) is 4.49. The highest BCUT2D eigenvalue weighted by molar-refractivity contribution is 9.09. The van der Waals surface area contributed by atoms with E-state index in [0.717, 1.165) is 11.8 Å². The lowest BCUT2D eigenvalue weighted by Crippen LogP contribution is -1.84. The van der Waals surface area contributed by atoms with Crippen molar-refractivity contribution in [2.75, 3.05) is 5.33 Å². The van der Waals surface area contributed by atoms with Gasteiger partial charge in [-0.15, -0.1) is 0 Å². The van der Waals surface area contributed by atoms with Gasteiger partial charge in [0, 0.05) is 5.33 Å². The molecule has 13 heavy (non-hydrogen) atoms. The average Bonchev–Trinajstić information content (AvgIpc) is 2.05. The molecule has 0 fully saturated rings. The summed E-state index contributed by atoms with van der Waals surface area (Å²) in [5, 5.41) is 0.949. The first-order valence-electron chi connectivity index (χ1n) is 4.71. The Balaban J connectivity index is 3.93. The molecule has 0 aromatic carbocycles. The molecule has 0 amide bonds. The van der Waals surface area contributed by atoms with Crippen molar-refractivity contribution >= 4 is 15.9 Å². The predicted molar refractivity (Wildman–Crippen MR) is 65.3 cm³/mol. The van der Waals surface area contributed by atoms with Crippen LogP contribution >= 0.6 is 15.9 Å². The molecule has 0 aliphatic carbocycles. The SMILES string of the molecule is C/C=C/[C@H](C)/C=C(\C)C/C=C/CBr. The zero-order valence-corrected chi connectivity index (χ0v) is 10.3. The van der Waals surface area contributed by atoms with Crippen LogP contribution in [-0.4, -0.2) is 5.33 Å². The van der Waals surface area contributed by atoms with Crippen LogP contribution in [0, 0.1) is 5.92 Å². The Morgan fingerprint density at radius 2 is 2.08 bits per heavy atom. The molecule has 0 N–H and O–H groups in total. The van der Waals surface area contributed by atoms with E-state index in [1.807, 2.05) is 0 Å². The summed E-state index contributed by atoms with van der Waals surface area (Å²) >= 11 is 3.36. The van der Waals surface area contributed by atoms with Crippen LogP contribution in [0.3, 0.4) is 0 Å². The topological polar surface area (TPSA) is 0 Å². The fourth-order valence-corrected chi connectivity index (χ4v) is 1.47. The second kappa shape index (κ2) is 8.31. The lowest BCUT2D eigenvalue weighted by Gasteiger charge is -2.00. The molecule has 0 aromatic rings. The van der Waals surface area contributed by atoms with Gasteiger partial charge in [0.05, 0.1) is 0 Å². The van der Waals surface area contributed by atoms with Gasteiger partial charge in [0.1, 0.15) is 0 Å². The Morgan fingerprint density at radius 1 is 1.38 bits per heavy atom. The van der Waals surface area contributed by atoms with Crippen molar-refractivity contribution in [2.45, 2.75) is 27.2 Å². The molecule has 0 heterocycles. The largest absolute Gasteiger partial charge is 0.0911 e. The van der Waals surface area contributed by atoms with Crippen molar-refractivity contribution < 1.29 is 0 Å². The maximum Gasteiger partial charge on any atom is 0.0212 e. The van der Waals surface area contributed by atoms with E-state index in [-0.39, 0.29) is 0 Å². The Hall–Kier alpha value is -0.300. The van der Waals surface area contributed by atoms with Crippen molar-refractivity contribution in [1.29, 1.82) is 0 Å². The molecule has 1 heteroatoms. The molecule has 0 spiro atoms. The van der Waals surface area contributed by atoms with Gasteiger partial charge in [-0.3, -0.25) is 0 Å². The summed E-state index contributed by atoms with van der Waals surface area (Å²) in [5.41, 5.74) is 1.43. The van der Waals surface area contributed by atoms with Crippen LogP contribution in [0.25, 0.3) is 0 Å². The summed E-state index contributed by atoms with van der Waals surface area (Å²) in [5.74, 6) is 0.558. The Kier molecular flexibility index (Phi) is 8.11. The van der Waals surface area contributed by atoms with Crippen LogP contribution in [0.1, 0.15) is 27.2 Å². The van der Waals surface area contributed by atoms with Gasteiger partial charge in [0.15, 0.2) is 0 Å². The molecule has 0 unspecified atom stereocenters. The zero-order chi connectivity index (χ0) is 10.1. The van der Waals surface area contributed by atoms with Crippen molar-refractivity contribution in [2.24, 2.45) is 5.92 Å². The lowest BCUT2D eigenvalue weighted by atomic mass is 10.1. The van der Waals surface area contributed by atoms with Crippen molar-refractivity contribution in [1.82, 2.24) is 0 Å². The molecule has 0 rings (SSSR count). The molecule has 0 aliphatic heterocycles. The molecule has 0 saturated carbocycles. The van der Waals surface area contributed by atoms with Crippen molar-refractivity contribution in [3.63, 3.8) is 0 Å². The zero-order valence-electron chi connectivity index (χ0n) is 8.76. The average molecular weight is 243 g/mol. The highest BCUT2D eigenvalue weighted by Gasteiger charge is 1.91. The number of rotatable bonds is 5. The van der Waals surface area contributed by atoms with E-state index in [0.29, 0.717) is 5.92 Å². The van der Waals surface area contributed by atoms with Gasteiger partial charge < -0.3 is 0 Å². The van der Waals surface area contributed by atoms with Gasteiger partial charge in [-0.2, -0.15) is 0 Å². The molecule has 0 radical (unpaired) electrons. The van der Waals surface area contributed by atoms with Gasteiger partial charge in [-0.25, -0.2) is 0 Å². The molecule has 0 aromatic heterocycles. The Labute approximate surface area is 90.6 Å². The van der Waals surface area contributed by atoms with E-state index in [9.17, 15) is 0 Å². The minimum atomic E-state index is 0.558. The summed E-state index contributed by atoms with van der Waals surface area (Å²) in [7, 11) is 0.